The number of nitrogens with zero attached hydrogens (tertiary/aromatic N) is 3. The molecule has 2 aromatic rings. The van der Waals surface area contributed by atoms with E-state index in [0.717, 1.165) is 30.5 Å². The molecule has 1 aliphatic carbocycles. The van der Waals surface area contributed by atoms with Gasteiger partial charge in [0.05, 0.1) is 6.54 Å². The van der Waals surface area contributed by atoms with Crippen LogP contribution in [0.4, 0.5) is 10.2 Å². The van der Waals surface area contributed by atoms with E-state index in [4.69, 9.17) is 0 Å². The van der Waals surface area contributed by atoms with E-state index >= 15 is 0 Å². The zero-order valence-corrected chi connectivity index (χ0v) is 15.9. The molecule has 0 radical (unpaired) electrons. The summed E-state index contributed by atoms with van der Waals surface area (Å²) < 4.78 is 13.5. The number of rotatable bonds is 4. The molecule has 140 valence electrons. The predicted molar refractivity (Wildman–Crippen MR) is 101 cm³/mol. The SMILES string of the molecule is CC(C)(C)NC(=O)CNc1nc(-c2cc(F)ccn2)nc2c1CCC2.Cl. The van der Waals surface area contributed by atoms with Crippen molar-refractivity contribution in [1.82, 2.24) is 20.3 Å². The van der Waals surface area contributed by atoms with Gasteiger partial charge in [0, 0.05) is 29.1 Å². The molecule has 0 saturated heterocycles. The zero-order chi connectivity index (χ0) is 18.0. The van der Waals surface area contributed by atoms with Gasteiger partial charge in [0.15, 0.2) is 5.82 Å². The highest BCUT2D eigenvalue weighted by molar-refractivity contribution is 5.85. The highest BCUT2D eigenvalue weighted by atomic mass is 35.5. The van der Waals surface area contributed by atoms with Crippen molar-refractivity contribution in [2.45, 2.75) is 45.6 Å². The van der Waals surface area contributed by atoms with E-state index in [1.165, 1.54) is 18.3 Å². The average molecular weight is 380 g/mol. The fourth-order valence-electron chi connectivity index (χ4n) is 2.85. The summed E-state index contributed by atoms with van der Waals surface area (Å²) in [6, 6.07) is 2.60. The van der Waals surface area contributed by atoms with E-state index in [2.05, 4.69) is 25.6 Å². The molecule has 2 N–H and O–H groups in total. The first-order chi connectivity index (χ1) is 11.8. The maximum atomic E-state index is 13.5. The van der Waals surface area contributed by atoms with E-state index in [1.54, 1.807) is 0 Å². The topological polar surface area (TPSA) is 79.8 Å². The lowest BCUT2D eigenvalue weighted by atomic mass is 10.1. The molecule has 0 aliphatic heterocycles. The van der Waals surface area contributed by atoms with E-state index in [-0.39, 0.29) is 36.2 Å². The van der Waals surface area contributed by atoms with Crippen molar-refractivity contribution in [1.29, 1.82) is 0 Å². The van der Waals surface area contributed by atoms with Crippen LogP contribution in [0, 0.1) is 5.82 Å². The van der Waals surface area contributed by atoms with Gasteiger partial charge in [-0.15, -0.1) is 12.4 Å². The minimum Gasteiger partial charge on any atom is -0.361 e. The molecule has 8 heteroatoms. The number of halogens is 2. The third kappa shape index (κ3) is 4.88. The lowest BCUT2D eigenvalue weighted by Gasteiger charge is -2.21. The highest BCUT2D eigenvalue weighted by Crippen LogP contribution is 2.28. The number of pyridine rings is 1. The Labute approximate surface area is 158 Å². The Bertz CT molecular complexity index is 807. The maximum absolute atomic E-state index is 13.5. The standard InChI is InChI=1S/C18H22FN5O.ClH/c1-18(2,3)24-15(25)10-21-16-12-5-4-6-13(12)22-17(23-16)14-9-11(19)7-8-20-14;/h7-9H,4-6,10H2,1-3H3,(H,24,25)(H,21,22,23);1H. The summed E-state index contributed by atoms with van der Waals surface area (Å²) in [6.07, 6.45) is 4.11. The summed E-state index contributed by atoms with van der Waals surface area (Å²) in [7, 11) is 0. The Balaban J connectivity index is 0.00000243. The number of aromatic nitrogens is 3. The average Bonchev–Trinajstić information content (AvgIpc) is 2.99. The van der Waals surface area contributed by atoms with Crippen molar-refractivity contribution in [3.8, 4) is 11.5 Å². The molecular formula is C18H23ClFN5O. The fourth-order valence-corrected chi connectivity index (χ4v) is 2.85. The molecule has 1 aliphatic rings. The summed E-state index contributed by atoms with van der Waals surface area (Å²) >= 11 is 0. The lowest BCUT2D eigenvalue weighted by Crippen LogP contribution is -2.43. The van der Waals surface area contributed by atoms with E-state index in [0.29, 0.717) is 17.3 Å². The van der Waals surface area contributed by atoms with Crippen LogP contribution >= 0.6 is 12.4 Å². The van der Waals surface area contributed by atoms with Crippen LogP contribution in [0.2, 0.25) is 0 Å². The number of aryl methyl sites for hydroxylation is 1. The number of carbonyl (C=O) groups excluding carboxylic acids is 1. The molecule has 0 saturated carbocycles. The predicted octanol–water partition coefficient (Wildman–Crippen LogP) is 2.91. The smallest absolute Gasteiger partial charge is 0.239 e. The summed E-state index contributed by atoms with van der Waals surface area (Å²) in [4.78, 5) is 25.2. The second-order valence-electron chi connectivity index (χ2n) is 7.19. The van der Waals surface area contributed by atoms with Crippen LogP contribution in [-0.4, -0.2) is 32.9 Å². The number of anilines is 1. The molecule has 26 heavy (non-hydrogen) atoms. The van der Waals surface area contributed by atoms with Crippen molar-refractivity contribution in [2.24, 2.45) is 0 Å². The van der Waals surface area contributed by atoms with Gasteiger partial charge in [0.2, 0.25) is 5.91 Å². The van der Waals surface area contributed by atoms with Crippen LogP contribution in [0.25, 0.3) is 11.5 Å². The molecule has 0 fully saturated rings. The summed E-state index contributed by atoms with van der Waals surface area (Å²) in [5.41, 5.74) is 2.07. The Morgan fingerprint density at radius 1 is 1.27 bits per heavy atom. The summed E-state index contributed by atoms with van der Waals surface area (Å²) in [6.45, 7) is 5.92. The first-order valence-electron chi connectivity index (χ1n) is 8.38. The minimum absolute atomic E-state index is 0. The Morgan fingerprint density at radius 2 is 2.04 bits per heavy atom. The van der Waals surface area contributed by atoms with Crippen LogP contribution in [0.3, 0.4) is 0 Å². The maximum Gasteiger partial charge on any atom is 0.239 e. The fraction of sp³-hybridized carbons (Fsp3) is 0.444. The Morgan fingerprint density at radius 3 is 2.73 bits per heavy atom. The number of fused-ring (bicyclic) bond motifs is 1. The monoisotopic (exact) mass is 379 g/mol. The van der Waals surface area contributed by atoms with Gasteiger partial charge in [-0.25, -0.2) is 14.4 Å². The van der Waals surface area contributed by atoms with Gasteiger partial charge in [-0.05, 0) is 46.1 Å². The number of hydrogen-bond acceptors (Lipinski definition) is 5. The minimum atomic E-state index is -0.381. The first-order valence-corrected chi connectivity index (χ1v) is 8.38. The van der Waals surface area contributed by atoms with Crippen LogP contribution in [0.5, 0.6) is 0 Å². The van der Waals surface area contributed by atoms with Crippen molar-refractivity contribution in [3.05, 3.63) is 35.4 Å². The summed E-state index contributed by atoms with van der Waals surface area (Å²) in [5, 5.41) is 6.01. The van der Waals surface area contributed by atoms with E-state index < -0.39 is 0 Å². The second kappa shape index (κ2) is 7.95. The molecule has 2 aromatic heterocycles. The van der Waals surface area contributed by atoms with Gasteiger partial charge in [-0.3, -0.25) is 9.78 Å². The van der Waals surface area contributed by atoms with Crippen molar-refractivity contribution < 1.29 is 9.18 Å². The van der Waals surface area contributed by atoms with E-state index in [9.17, 15) is 9.18 Å². The third-order valence-corrected chi connectivity index (χ3v) is 3.82. The quantitative estimate of drug-likeness (QED) is 0.853. The first kappa shape index (κ1) is 20.0. The second-order valence-corrected chi connectivity index (χ2v) is 7.19. The molecule has 0 spiro atoms. The third-order valence-electron chi connectivity index (χ3n) is 3.82. The van der Waals surface area contributed by atoms with Gasteiger partial charge in [0.25, 0.3) is 0 Å². The molecule has 0 unspecified atom stereocenters. The number of carbonyl (C=O) groups is 1. The van der Waals surface area contributed by atoms with Gasteiger partial charge in [-0.2, -0.15) is 0 Å². The highest BCUT2D eigenvalue weighted by Gasteiger charge is 2.21. The van der Waals surface area contributed by atoms with Crippen LogP contribution in [0.15, 0.2) is 18.3 Å². The number of amides is 1. The Kier molecular flexibility index (Phi) is 6.13. The molecule has 0 bridgehead atoms. The van der Waals surface area contributed by atoms with Crippen LogP contribution < -0.4 is 10.6 Å². The number of hydrogen-bond donors (Lipinski definition) is 2. The molecule has 1 amide bonds. The van der Waals surface area contributed by atoms with Crippen molar-refractivity contribution in [3.63, 3.8) is 0 Å². The molecule has 0 atom stereocenters. The lowest BCUT2D eigenvalue weighted by molar-refractivity contribution is -0.120. The molecule has 2 heterocycles. The van der Waals surface area contributed by atoms with E-state index in [1.807, 2.05) is 20.8 Å². The molecular weight excluding hydrogens is 357 g/mol. The summed E-state index contributed by atoms with van der Waals surface area (Å²) in [5.74, 6) is 0.517. The van der Waals surface area contributed by atoms with Crippen molar-refractivity contribution >= 4 is 24.1 Å². The van der Waals surface area contributed by atoms with Gasteiger partial charge in [0.1, 0.15) is 17.3 Å². The normalized spacial score (nSPS) is 12.9. The van der Waals surface area contributed by atoms with Crippen LogP contribution in [-0.2, 0) is 17.6 Å². The molecule has 3 rings (SSSR count). The van der Waals surface area contributed by atoms with Crippen molar-refractivity contribution in [2.75, 3.05) is 11.9 Å². The zero-order valence-electron chi connectivity index (χ0n) is 15.1. The van der Waals surface area contributed by atoms with Gasteiger partial charge in [-0.1, -0.05) is 0 Å². The largest absolute Gasteiger partial charge is 0.361 e. The van der Waals surface area contributed by atoms with Gasteiger partial charge >= 0.3 is 0 Å². The molecule has 6 nitrogen and oxygen atoms in total. The molecule has 0 aromatic carbocycles. The number of nitrogens with one attached hydrogen (secondary N) is 2. The van der Waals surface area contributed by atoms with Gasteiger partial charge < -0.3 is 10.6 Å². The van der Waals surface area contributed by atoms with Crippen LogP contribution in [0.1, 0.15) is 38.4 Å². The Hall–Kier alpha value is -2.28.